The SMILES string of the molecule is CCSc1ccc(C(C)NC(=O)N(C)CC(C)C(=O)O)cc1. The Morgan fingerprint density at radius 2 is 1.86 bits per heavy atom. The first kappa shape index (κ1) is 18.4. The summed E-state index contributed by atoms with van der Waals surface area (Å²) in [5.74, 6) is -0.466. The van der Waals surface area contributed by atoms with E-state index in [9.17, 15) is 9.59 Å². The molecule has 5 nitrogen and oxygen atoms in total. The minimum absolute atomic E-state index is 0.129. The van der Waals surface area contributed by atoms with Crippen molar-refractivity contribution >= 4 is 23.8 Å². The molecular weight excluding hydrogens is 300 g/mol. The summed E-state index contributed by atoms with van der Waals surface area (Å²) in [5, 5.41) is 11.8. The summed E-state index contributed by atoms with van der Waals surface area (Å²) in [6.07, 6.45) is 0. The van der Waals surface area contributed by atoms with Crippen LogP contribution >= 0.6 is 11.8 Å². The third-order valence-electron chi connectivity index (χ3n) is 3.35. The van der Waals surface area contributed by atoms with Gasteiger partial charge < -0.3 is 15.3 Å². The zero-order valence-electron chi connectivity index (χ0n) is 13.5. The molecule has 0 fully saturated rings. The molecule has 0 spiro atoms. The molecule has 1 rings (SSSR count). The number of carboxylic acids is 1. The van der Waals surface area contributed by atoms with Crippen LogP contribution in [0, 0.1) is 5.92 Å². The summed E-state index contributed by atoms with van der Waals surface area (Å²) < 4.78 is 0. The number of carboxylic acid groups (broad SMARTS) is 1. The van der Waals surface area contributed by atoms with Gasteiger partial charge in [0.25, 0.3) is 0 Å². The number of rotatable bonds is 7. The van der Waals surface area contributed by atoms with Gasteiger partial charge in [-0.2, -0.15) is 0 Å². The highest BCUT2D eigenvalue weighted by molar-refractivity contribution is 7.99. The number of carbonyl (C=O) groups is 2. The van der Waals surface area contributed by atoms with E-state index in [2.05, 4.69) is 12.2 Å². The van der Waals surface area contributed by atoms with Crippen LogP contribution < -0.4 is 5.32 Å². The van der Waals surface area contributed by atoms with Gasteiger partial charge in [-0.25, -0.2) is 4.79 Å². The lowest BCUT2D eigenvalue weighted by atomic mass is 10.1. The van der Waals surface area contributed by atoms with Crippen molar-refractivity contribution in [2.75, 3.05) is 19.3 Å². The van der Waals surface area contributed by atoms with E-state index in [4.69, 9.17) is 5.11 Å². The Morgan fingerprint density at radius 1 is 1.27 bits per heavy atom. The van der Waals surface area contributed by atoms with Crippen LogP contribution in [0.2, 0.25) is 0 Å². The fourth-order valence-electron chi connectivity index (χ4n) is 1.97. The molecule has 0 bridgehead atoms. The fourth-order valence-corrected chi connectivity index (χ4v) is 2.63. The Bertz CT molecular complexity index is 505. The van der Waals surface area contributed by atoms with Crippen LogP contribution in [-0.2, 0) is 4.79 Å². The summed E-state index contributed by atoms with van der Waals surface area (Å²) in [5.41, 5.74) is 1.02. The van der Waals surface area contributed by atoms with Gasteiger partial charge in [-0.1, -0.05) is 26.0 Å². The predicted octanol–water partition coefficient (Wildman–Crippen LogP) is 3.22. The largest absolute Gasteiger partial charge is 0.481 e. The summed E-state index contributed by atoms with van der Waals surface area (Å²) >= 11 is 1.77. The lowest BCUT2D eigenvalue weighted by Gasteiger charge is -2.23. The van der Waals surface area contributed by atoms with E-state index in [0.717, 1.165) is 11.3 Å². The van der Waals surface area contributed by atoms with Crippen LogP contribution in [0.15, 0.2) is 29.2 Å². The number of aliphatic carboxylic acids is 1. The molecule has 1 aromatic carbocycles. The Kier molecular flexibility index (Phi) is 7.24. The summed E-state index contributed by atoms with van der Waals surface area (Å²) in [7, 11) is 1.60. The van der Waals surface area contributed by atoms with Crippen molar-refractivity contribution in [2.45, 2.75) is 31.7 Å². The van der Waals surface area contributed by atoms with Crippen molar-refractivity contribution in [3.05, 3.63) is 29.8 Å². The second-order valence-corrected chi connectivity index (χ2v) is 6.63. The highest BCUT2D eigenvalue weighted by Crippen LogP contribution is 2.20. The molecule has 6 heteroatoms. The number of nitrogens with one attached hydrogen (secondary N) is 1. The molecule has 0 aliphatic heterocycles. The average molecular weight is 324 g/mol. The van der Waals surface area contributed by atoms with Gasteiger partial charge in [-0.15, -0.1) is 11.8 Å². The first-order valence-electron chi connectivity index (χ1n) is 7.32. The first-order valence-corrected chi connectivity index (χ1v) is 8.30. The van der Waals surface area contributed by atoms with Crippen LogP contribution in [0.5, 0.6) is 0 Å². The Hall–Kier alpha value is -1.69. The fraction of sp³-hybridized carbons (Fsp3) is 0.500. The third-order valence-corrected chi connectivity index (χ3v) is 4.24. The van der Waals surface area contributed by atoms with Crippen LogP contribution in [0.1, 0.15) is 32.4 Å². The van der Waals surface area contributed by atoms with Crippen LogP contribution in [0.25, 0.3) is 0 Å². The van der Waals surface area contributed by atoms with E-state index in [1.807, 2.05) is 31.2 Å². The highest BCUT2D eigenvalue weighted by Gasteiger charge is 2.18. The van der Waals surface area contributed by atoms with E-state index in [0.29, 0.717) is 0 Å². The Labute approximate surface area is 136 Å². The molecule has 0 aliphatic carbocycles. The lowest BCUT2D eigenvalue weighted by Crippen LogP contribution is -2.41. The van der Waals surface area contributed by atoms with E-state index < -0.39 is 11.9 Å². The summed E-state index contributed by atoms with van der Waals surface area (Å²) in [6.45, 7) is 5.78. The maximum absolute atomic E-state index is 12.1. The summed E-state index contributed by atoms with van der Waals surface area (Å²) in [6, 6.07) is 7.69. The predicted molar refractivity (Wildman–Crippen MR) is 89.2 cm³/mol. The van der Waals surface area contributed by atoms with Gasteiger partial charge in [-0.3, -0.25) is 4.79 Å². The maximum Gasteiger partial charge on any atom is 0.317 e. The molecule has 2 unspecified atom stereocenters. The number of urea groups is 1. The quantitative estimate of drug-likeness (QED) is 0.756. The molecule has 0 saturated carbocycles. The summed E-state index contributed by atoms with van der Waals surface area (Å²) in [4.78, 5) is 25.5. The Morgan fingerprint density at radius 3 is 2.36 bits per heavy atom. The van der Waals surface area contributed by atoms with Crippen molar-refractivity contribution in [1.29, 1.82) is 0 Å². The number of thioether (sulfide) groups is 1. The standard InChI is InChI=1S/C16H24N2O3S/c1-5-22-14-8-6-13(7-9-14)12(3)17-16(21)18(4)10-11(2)15(19)20/h6-9,11-12H,5,10H2,1-4H3,(H,17,21)(H,19,20). The molecule has 2 atom stereocenters. The van der Waals surface area contributed by atoms with Crippen molar-refractivity contribution in [3.8, 4) is 0 Å². The van der Waals surface area contributed by atoms with Gasteiger partial charge in [0.1, 0.15) is 0 Å². The van der Waals surface area contributed by atoms with Crippen molar-refractivity contribution in [1.82, 2.24) is 10.2 Å². The number of nitrogens with zero attached hydrogens (tertiary/aromatic N) is 1. The van der Waals surface area contributed by atoms with Gasteiger partial charge in [-0.05, 0) is 30.4 Å². The van der Waals surface area contributed by atoms with Crippen LogP contribution in [0.3, 0.4) is 0 Å². The molecule has 0 aromatic heterocycles. The Balaban J connectivity index is 2.57. The van der Waals surface area contributed by atoms with E-state index in [1.165, 1.54) is 9.80 Å². The van der Waals surface area contributed by atoms with Crippen molar-refractivity contribution < 1.29 is 14.7 Å². The van der Waals surface area contributed by atoms with Gasteiger partial charge in [0.05, 0.1) is 12.0 Å². The zero-order valence-corrected chi connectivity index (χ0v) is 14.3. The zero-order chi connectivity index (χ0) is 16.7. The van der Waals surface area contributed by atoms with E-state index in [-0.39, 0.29) is 18.6 Å². The maximum atomic E-state index is 12.1. The van der Waals surface area contributed by atoms with Gasteiger partial charge in [0, 0.05) is 18.5 Å². The smallest absolute Gasteiger partial charge is 0.317 e. The minimum atomic E-state index is -0.906. The molecule has 2 N–H and O–H groups in total. The molecule has 2 amide bonds. The van der Waals surface area contributed by atoms with Gasteiger partial charge >= 0.3 is 12.0 Å². The number of hydrogen-bond acceptors (Lipinski definition) is 3. The minimum Gasteiger partial charge on any atom is -0.481 e. The molecule has 22 heavy (non-hydrogen) atoms. The topological polar surface area (TPSA) is 69.6 Å². The van der Waals surface area contributed by atoms with Crippen LogP contribution in [-0.4, -0.2) is 41.4 Å². The normalized spacial score (nSPS) is 13.3. The molecule has 0 heterocycles. The third kappa shape index (κ3) is 5.60. The van der Waals surface area contributed by atoms with Crippen molar-refractivity contribution in [3.63, 3.8) is 0 Å². The number of amides is 2. The lowest BCUT2D eigenvalue weighted by molar-refractivity contribution is -0.141. The molecule has 0 saturated heterocycles. The first-order chi connectivity index (χ1) is 10.3. The second-order valence-electron chi connectivity index (χ2n) is 5.29. The number of benzene rings is 1. The average Bonchev–Trinajstić information content (AvgIpc) is 2.47. The van der Waals surface area contributed by atoms with E-state index in [1.54, 1.807) is 25.7 Å². The number of carbonyl (C=O) groups excluding carboxylic acids is 1. The van der Waals surface area contributed by atoms with Crippen molar-refractivity contribution in [2.24, 2.45) is 5.92 Å². The highest BCUT2D eigenvalue weighted by atomic mass is 32.2. The van der Waals surface area contributed by atoms with Gasteiger partial charge in [0.15, 0.2) is 0 Å². The monoisotopic (exact) mass is 324 g/mol. The van der Waals surface area contributed by atoms with Crippen LogP contribution in [0.4, 0.5) is 4.79 Å². The molecule has 0 aliphatic rings. The van der Waals surface area contributed by atoms with Gasteiger partial charge in [0.2, 0.25) is 0 Å². The molecule has 1 aromatic rings. The van der Waals surface area contributed by atoms with E-state index >= 15 is 0 Å². The molecular formula is C16H24N2O3S. The molecule has 122 valence electrons. The number of hydrogen-bond donors (Lipinski definition) is 2. The molecule has 0 radical (unpaired) electrons. The second kappa shape index (κ2) is 8.68.